The molecule has 3 aliphatic heterocycles. The average Bonchev–Trinajstić information content (AvgIpc) is 2.75. The van der Waals surface area contributed by atoms with Crippen LogP contribution in [0.15, 0.2) is 24.3 Å². The van der Waals surface area contributed by atoms with Gasteiger partial charge in [0.25, 0.3) is 5.91 Å². The van der Waals surface area contributed by atoms with Crippen molar-refractivity contribution in [3.05, 3.63) is 35.4 Å². The molecule has 172 valence electrons. The number of carbonyl (C=O) groups excluding carboxylic acids is 3. The number of amides is 3. The standard InChI is InChI=1S/C22H30N4O3.2ClH/c27-20-5-4-19(21(28)24-20)17-2-1-3-18(14-17)22(29)26-12-10-25(11-13-26)15-16-6-8-23-9-7-16;;/h1-3,14,16,19,23H,4-13,15H2,(H,24,27,28);2*1H. The van der Waals surface area contributed by atoms with Gasteiger partial charge in [-0.1, -0.05) is 12.1 Å². The summed E-state index contributed by atoms with van der Waals surface area (Å²) in [6.07, 6.45) is 3.32. The summed E-state index contributed by atoms with van der Waals surface area (Å²) in [4.78, 5) is 40.9. The van der Waals surface area contributed by atoms with E-state index < -0.39 is 0 Å². The Bertz CT molecular complexity index is 778. The summed E-state index contributed by atoms with van der Waals surface area (Å²) in [5, 5.41) is 5.81. The number of hydrogen-bond donors (Lipinski definition) is 2. The molecule has 1 unspecified atom stereocenters. The summed E-state index contributed by atoms with van der Waals surface area (Å²) >= 11 is 0. The molecule has 0 saturated carbocycles. The van der Waals surface area contributed by atoms with Gasteiger partial charge in [-0.15, -0.1) is 24.8 Å². The van der Waals surface area contributed by atoms with Crippen LogP contribution >= 0.6 is 24.8 Å². The van der Waals surface area contributed by atoms with Gasteiger partial charge in [0.15, 0.2) is 0 Å². The third-order valence-corrected chi connectivity index (χ3v) is 6.41. The lowest BCUT2D eigenvalue weighted by Crippen LogP contribution is -2.50. The van der Waals surface area contributed by atoms with Crippen LogP contribution in [0.25, 0.3) is 0 Å². The predicted octanol–water partition coefficient (Wildman–Crippen LogP) is 1.81. The molecule has 1 aromatic rings. The van der Waals surface area contributed by atoms with Gasteiger partial charge in [-0.25, -0.2) is 0 Å². The largest absolute Gasteiger partial charge is 0.336 e. The zero-order chi connectivity index (χ0) is 20.2. The second-order valence-corrected chi connectivity index (χ2v) is 8.42. The molecule has 4 rings (SSSR count). The van der Waals surface area contributed by atoms with Gasteiger partial charge in [0.1, 0.15) is 0 Å². The van der Waals surface area contributed by atoms with Crippen molar-refractivity contribution in [3.8, 4) is 0 Å². The number of piperazine rings is 1. The third kappa shape index (κ3) is 6.42. The van der Waals surface area contributed by atoms with Gasteiger partial charge in [0, 0.05) is 44.7 Å². The van der Waals surface area contributed by atoms with Crippen LogP contribution in [0.5, 0.6) is 0 Å². The molecule has 3 amide bonds. The molecule has 31 heavy (non-hydrogen) atoms. The van der Waals surface area contributed by atoms with Crippen molar-refractivity contribution in [2.75, 3.05) is 45.8 Å². The van der Waals surface area contributed by atoms with E-state index in [0.717, 1.165) is 57.3 Å². The van der Waals surface area contributed by atoms with E-state index in [1.54, 1.807) is 0 Å². The minimum Gasteiger partial charge on any atom is -0.336 e. The molecule has 3 fully saturated rings. The maximum atomic E-state index is 13.0. The number of carbonyl (C=O) groups is 3. The quantitative estimate of drug-likeness (QED) is 0.655. The SMILES string of the molecule is Cl.Cl.O=C1CCC(c2cccc(C(=O)N3CCN(CC4CCNCC4)CC3)c2)C(=O)N1. The second kappa shape index (κ2) is 11.8. The summed E-state index contributed by atoms with van der Waals surface area (Å²) in [6.45, 7) is 6.69. The molecule has 3 saturated heterocycles. The molecule has 0 bridgehead atoms. The Morgan fingerprint density at radius 3 is 2.39 bits per heavy atom. The molecule has 0 radical (unpaired) electrons. The fraction of sp³-hybridized carbons (Fsp3) is 0.591. The van der Waals surface area contributed by atoms with Gasteiger partial charge in [0.2, 0.25) is 11.8 Å². The summed E-state index contributed by atoms with van der Waals surface area (Å²) in [5.41, 5.74) is 1.43. The third-order valence-electron chi connectivity index (χ3n) is 6.41. The number of halogens is 2. The highest BCUT2D eigenvalue weighted by Gasteiger charge is 2.29. The first kappa shape index (κ1) is 25.6. The lowest BCUT2D eigenvalue weighted by molar-refractivity contribution is -0.134. The summed E-state index contributed by atoms with van der Waals surface area (Å²) in [5.74, 6) is -0.0511. The number of imide groups is 1. The minimum atomic E-state index is -0.359. The number of nitrogens with one attached hydrogen (secondary N) is 2. The van der Waals surface area contributed by atoms with Crippen molar-refractivity contribution >= 4 is 42.5 Å². The van der Waals surface area contributed by atoms with Crippen LogP contribution in [0.3, 0.4) is 0 Å². The molecule has 3 aliphatic rings. The van der Waals surface area contributed by atoms with E-state index in [1.165, 1.54) is 12.8 Å². The van der Waals surface area contributed by atoms with Crippen molar-refractivity contribution in [2.45, 2.75) is 31.6 Å². The van der Waals surface area contributed by atoms with Gasteiger partial charge >= 0.3 is 0 Å². The molecule has 0 spiro atoms. The average molecular weight is 471 g/mol. The van der Waals surface area contributed by atoms with Gasteiger partial charge in [-0.05, 0) is 56.0 Å². The monoisotopic (exact) mass is 470 g/mol. The first-order valence-electron chi connectivity index (χ1n) is 10.8. The van der Waals surface area contributed by atoms with Gasteiger partial charge < -0.3 is 10.2 Å². The predicted molar refractivity (Wildman–Crippen MR) is 124 cm³/mol. The van der Waals surface area contributed by atoms with Crippen molar-refractivity contribution in [1.29, 1.82) is 0 Å². The van der Waals surface area contributed by atoms with Gasteiger partial charge in [0.05, 0.1) is 5.92 Å². The van der Waals surface area contributed by atoms with E-state index in [1.807, 2.05) is 29.2 Å². The van der Waals surface area contributed by atoms with Crippen molar-refractivity contribution < 1.29 is 14.4 Å². The second-order valence-electron chi connectivity index (χ2n) is 8.42. The summed E-state index contributed by atoms with van der Waals surface area (Å²) < 4.78 is 0. The van der Waals surface area contributed by atoms with Crippen LogP contribution in [-0.2, 0) is 9.59 Å². The first-order chi connectivity index (χ1) is 14.1. The fourth-order valence-corrected chi connectivity index (χ4v) is 4.65. The Labute approximate surface area is 196 Å². The number of benzene rings is 1. The number of rotatable bonds is 4. The molecule has 1 atom stereocenters. The zero-order valence-electron chi connectivity index (χ0n) is 17.7. The summed E-state index contributed by atoms with van der Waals surface area (Å²) in [6, 6.07) is 7.34. The van der Waals surface area contributed by atoms with Gasteiger partial charge in [-0.3, -0.25) is 24.6 Å². The molecule has 0 aliphatic carbocycles. The maximum absolute atomic E-state index is 13.0. The molecular weight excluding hydrogens is 439 g/mol. The molecule has 3 heterocycles. The number of hydrogen-bond acceptors (Lipinski definition) is 5. The van der Waals surface area contributed by atoms with Crippen LogP contribution in [0, 0.1) is 5.92 Å². The lowest BCUT2D eigenvalue weighted by Gasteiger charge is -2.37. The van der Waals surface area contributed by atoms with E-state index in [2.05, 4.69) is 15.5 Å². The van der Waals surface area contributed by atoms with E-state index in [-0.39, 0.29) is 48.5 Å². The molecule has 1 aromatic carbocycles. The highest BCUT2D eigenvalue weighted by atomic mass is 35.5. The van der Waals surface area contributed by atoms with Crippen molar-refractivity contribution in [3.63, 3.8) is 0 Å². The normalized spacial score (nSPS) is 22.8. The first-order valence-corrected chi connectivity index (χ1v) is 10.8. The molecule has 0 aromatic heterocycles. The Kier molecular flexibility index (Phi) is 9.75. The number of piperidine rings is 2. The Morgan fingerprint density at radius 1 is 1.00 bits per heavy atom. The molecular formula is C22H32Cl2N4O3. The van der Waals surface area contributed by atoms with E-state index >= 15 is 0 Å². The Morgan fingerprint density at radius 2 is 1.71 bits per heavy atom. The van der Waals surface area contributed by atoms with Crippen LogP contribution < -0.4 is 10.6 Å². The zero-order valence-corrected chi connectivity index (χ0v) is 19.3. The molecule has 2 N–H and O–H groups in total. The minimum absolute atomic E-state index is 0. The van der Waals surface area contributed by atoms with Crippen molar-refractivity contribution in [1.82, 2.24) is 20.4 Å². The lowest BCUT2D eigenvalue weighted by atomic mass is 9.89. The van der Waals surface area contributed by atoms with E-state index in [0.29, 0.717) is 18.4 Å². The number of nitrogens with zero attached hydrogens (tertiary/aromatic N) is 2. The van der Waals surface area contributed by atoms with Gasteiger partial charge in [-0.2, -0.15) is 0 Å². The van der Waals surface area contributed by atoms with E-state index in [9.17, 15) is 14.4 Å². The fourth-order valence-electron chi connectivity index (χ4n) is 4.65. The van der Waals surface area contributed by atoms with Crippen LogP contribution in [0.1, 0.15) is 47.5 Å². The topological polar surface area (TPSA) is 81.8 Å². The highest BCUT2D eigenvalue weighted by molar-refractivity contribution is 6.01. The smallest absolute Gasteiger partial charge is 0.253 e. The summed E-state index contributed by atoms with van der Waals surface area (Å²) in [7, 11) is 0. The van der Waals surface area contributed by atoms with E-state index in [4.69, 9.17) is 0 Å². The molecule has 7 nitrogen and oxygen atoms in total. The van der Waals surface area contributed by atoms with Crippen LogP contribution in [-0.4, -0.2) is 73.3 Å². The maximum Gasteiger partial charge on any atom is 0.253 e. The van der Waals surface area contributed by atoms with Crippen LogP contribution in [0.2, 0.25) is 0 Å². The Balaban J connectivity index is 0.00000171. The molecule has 9 heteroatoms. The highest BCUT2D eigenvalue weighted by Crippen LogP contribution is 2.26. The van der Waals surface area contributed by atoms with Crippen molar-refractivity contribution in [2.24, 2.45) is 5.92 Å². The van der Waals surface area contributed by atoms with Crippen LogP contribution in [0.4, 0.5) is 0 Å². The Hall–Kier alpha value is -1.67.